The summed E-state index contributed by atoms with van der Waals surface area (Å²) in [6, 6.07) is 3.42. The van der Waals surface area contributed by atoms with E-state index in [0.29, 0.717) is 29.6 Å². The number of hydrogen-bond donors (Lipinski definition) is 1. The third kappa shape index (κ3) is 3.43. The number of carboxylic acids is 1. The van der Waals surface area contributed by atoms with E-state index in [1.165, 1.54) is 6.20 Å². The first-order chi connectivity index (χ1) is 9.98. The van der Waals surface area contributed by atoms with Gasteiger partial charge in [-0.15, -0.1) is 0 Å². The number of carboxylic acid groups (broad SMARTS) is 1. The van der Waals surface area contributed by atoms with Crippen molar-refractivity contribution in [3.63, 3.8) is 0 Å². The highest BCUT2D eigenvalue weighted by Gasteiger charge is 2.42. The van der Waals surface area contributed by atoms with Crippen molar-refractivity contribution in [2.75, 3.05) is 13.1 Å². The highest BCUT2D eigenvalue weighted by Crippen LogP contribution is 2.35. The lowest BCUT2D eigenvalue weighted by molar-refractivity contribution is -0.152. The zero-order chi connectivity index (χ0) is 15.5. The summed E-state index contributed by atoms with van der Waals surface area (Å²) in [7, 11) is 0. The lowest BCUT2D eigenvalue weighted by Crippen LogP contribution is -2.49. The predicted octanol–water partition coefficient (Wildman–Crippen LogP) is 2.95. The molecule has 0 bridgehead atoms. The molecule has 0 radical (unpaired) electrons. The van der Waals surface area contributed by atoms with Gasteiger partial charge in [0.2, 0.25) is 0 Å². The van der Waals surface area contributed by atoms with Gasteiger partial charge >= 0.3 is 5.97 Å². The molecule has 0 aromatic carbocycles. The van der Waals surface area contributed by atoms with Crippen molar-refractivity contribution in [1.82, 2.24) is 9.88 Å². The molecule has 1 aromatic rings. The molecule has 1 unspecified atom stereocenters. The highest BCUT2D eigenvalue weighted by atomic mass is 79.9. The van der Waals surface area contributed by atoms with Crippen molar-refractivity contribution >= 4 is 27.8 Å². The Bertz CT molecular complexity index is 528. The van der Waals surface area contributed by atoms with Gasteiger partial charge in [0, 0.05) is 19.3 Å². The van der Waals surface area contributed by atoms with E-state index in [-0.39, 0.29) is 12.5 Å². The maximum Gasteiger partial charge on any atom is 0.311 e. The number of carbonyl (C=O) groups excluding carboxylic acids is 1. The SMILES string of the molecule is CCCC1(C(=O)O)CCCN(C(=O)c2ccc(Br)nc2)C1. The maximum atomic E-state index is 12.5. The second kappa shape index (κ2) is 6.56. The van der Waals surface area contributed by atoms with Crippen LogP contribution in [0.15, 0.2) is 22.9 Å². The first-order valence-corrected chi connectivity index (χ1v) is 7.92. The van der Waals surface area contributed by atoms with Gasteiger partial charge in [-0.25, -0.2) is 4.98 Å². The van der Waals surface area contributed by atoms with E-state index in [0.717, 1.165) is 12.8 Å². The fourth-order valence-electron chi connectivity index (χ4n) is 2.95. The van der Waals surface area contributed by atoms with Gasteiger partial charge in [-0.05, 0) is 47.3 Å². The largest absolute Gasteiger partial charge is 0.481 e. The number of hydrogen-bond acceptors (Lipinski definition) is 3. The molecule has 114 valence electrons. The summed E-state index contributed by atoms with van der Waals surface area (Å²) in [6.45, 7) is 2.86. The highest BCUT2D eigenvalue weighted by molar-refractivity contribution is 9.10. The number of amides is 1. The summed E-state index contributed by atoms with van der Waals surface area (Å²) in [5.41, 5.74) is -0.304. The molecule has 1 amide bonds. The minimum atomic E-state index is -0.800. The number of rotatable bonds is 4. The van der Waals surface area contributed by atoms with Crippen LogP contribution < -0.4 is 0 Å². The van der Waals surface area contributed by atoms with Gasteiger partial charge in [-0.3, -0.25) is 9.59 Å². The average molecular weight is 355 g/mol. The molecule has 2 heterocycles. The smallest absolute Gasteiger partial charge is 0.311 e. The summed E-state index contributed by atoms with van der Waals surface area (Å²) >= 11 is 3.23. The fourth-order valence-corrected chi connectivity index (χ4v) is 3.19. The van der Waals surface area contributed by atoms with Crippen molar-refractivity contribution in [3.8, 4) is 0 Å². The number of piperidine rings is 1. The van der Waals surface area contributed by atoms with E-state index in [1.54, 1.807) is 17.0 Å². The molecular weight excluding hydrogens is 336 g/mol. The van der Waals surface area contributed by atoms with E-state index in [2.05, 4.69) is 20.9 Å². The van der Waals surface area contributed by atoms with Crippen LogP contribution in [0, 0.1) is 5.41 Å². The van der Waals surface area contributed by atoms with E-state index in [9.17, 15) is 14.7 Å². The van der Waals surface area contributed by atoms with Crippen LogP contribution >= 0.6 is 15.9 Å². The van der Waals surface area contributed by atoms with E-state index in [4.69, 9.17) is 0 Å². The second-order valence-corrected chi connectivity index (χ2v) is 6.35. The second-order valence-electron chi connectivity index (χ2n) is 5.54. The number of halogens is 1. The van der Waals surface area contributed by atoms with Gasteiger partial charge in [0.25, 0.3) is 5.91 Å². The molecule has 1 atom stereocenters. The molecule has 1 fully saturated rings. The first kappa shape index (κ1) is 15.9. The molecule has 5 nitrogen and oxygen atoms in total. The number of aromatic nitrogens is 1. The monoisotopic (exact) mass is 354 g/mol. The molecule has 0 spiro atoms. The van der Waals surface area contributed by atoms with Crippen molar-refractivity contribution in [1.29, 1.82) is 0 Å². The van der Waals surface area contributed by atoms with Crippen molar-refractivity contribution in [2.24, 2.45) is 5.41 Å². The topological polar surface area (TPSA) is 70.5 Å². The zero-order valence-corrected chi connectivity index (χ0v) is 13.6. The first-order valence-electron chi connectivity index (χ1n) is 7.13. The Morgan fingerprint density at radius 2 is 2.24 bits per heavy atom. The van der Waals surface area contributed by atoms with Crippen LogP contribution in [-0.2, 0) is 4.79 Å². The Hall–Kier alpha value is -1.43. The molecule has 1 aromatic heterocycles. The third-order valence-corrected chi connectivity index (χ3v) is 4.49. The van der Waals surface area contributed by atoms with Crippen LogP contribution in [0.25, 0.3) is 0 Å². The quantitative estimate of drug-likeness (QED) is 0.843. The van der Waals surface area contributed by atoms with Crippen LogP contribution in [0.4, 0.5) is 0 Å². The molecule has 1 N–H and O–H groups in total. The van der Waals surface area contributed by atoms with Crippen LogP contribution in [0.1, 0.15) is 43.0 Å². The molecule has 21 heavy (non-hydrogen) atoms. The molecular formula is C15H19BrN2O3. The summed E-state index contributed by atoms with van der Waals surface area (Å²) in [4.78, 5) is 29.9. The van der Waals surface area contributed by atoms with Gasteiger partial charge in [-0.2, -0.15) is 0 Å². The molecule has 0 aliphatic carbocycles. The van der Waals surface area contributed by atoms with Crippen LogP contribution in [0.5, 0.6) is 0 Å². The number of nitrogens with zero attached hydrogens (tertiary/aromatic N) is 2. The van der Waals surface area contributed by atoms with Crippen LogP contribution in [0.3, 0.4) is 0 Å². The van der Waals surface area contributed by atoms with Crippen molar-refractivity contribution < 1.29 is 14.7 Å². The lowest BCUT2D eigenvalue weighted by Gasteiger charge is -2.40. The Labute approximate surface area is 132 Å². The normalized spacial score (nSPS) is 22.1. The summed E-state index contributed by atoms with van der Waals surface area (Å²) in [6.07, 6.45) is 4.28. The molecule has 1 aliphatic rings. The van der Waals surface area contributed by atoms with E-state index in [1.807, 2.05) is 6.92 Å². The summed E-state index contributed by atoms with van der Waals surface area (Å²) in [5.74, 6) is -0.938. The Balaban J connectivity index is 2.18. The molecule has 1 saturated heterocycles. The zero-order valence-electron chi connectivity index (χ0n) is 12.0. The van der Waals surface area contributed by atoms with E-state index < -0.39 is 11.4 Å². The van der Waals surface area contributed by atoms with Gasteiger partial charge in [0.1, 0.15) is 4.60 Å². The summed E-state index contributed by atoms with van der Waals surface area (Å²) in [5, 5.41) is 9.57. The Kier molecular flexibility index (Phi) is 4.98. The molecule has 1 aliphatic heterocycles. The fraction of sp³-hybridized carbons (Fsp3) is 0.533. The van der Waals surface area contributed by atoms with Gasteiger partial charge < -0.3 is 10.0 Å². The minimum absolute atomic E-state index is 0.142. The van der Waals surface area contributed by atoms with Gasteiger partial charge in [0.05, 0.1) is 11.0 Å². The van der Waals surface area contributed by atoms with Gasteiger partial charge in [0.15, 0.2) is 0 Å². The Morgan fingerprint density at radius 3 is 2.81 bits per heavy atom. The number of likely N-dealkylation sites (tertiary alicyclic amines) is 1. The number of carbonyl (C=O) groups is 2. The standard InChI is InChI=1S/C15H19BrN2O3/c1-2-6-15(14(20)21)7-3-8-18(10-15)13(19)11-4-5-12(16)17-9-11/h4-5,9H,2-3,6-8,10H2,1H3,(H,20,21). The van der Waals surface area contributed by atoms with Crippen LogP contribution in [0.2, 0.25) is 0 Å². The van der Waals surface area contributed by atoms with E-state index >= 15 is 0 Å². The summed E-state index contributed by atoms with van der Waals surface area (Å²) < 4.78 is 0.670. The van der Waals surface area contributed by atoms with Gasteiger partial charge in [-0.1, -0.05) is 13.3 Å². The maximum absolute atomic E-state index is 12.5. The Morgan fingerprint density at radius 1 is 1.48 bits per heavy atom. The average Bonchev–Trinajstić information content (AvgIpc) is 2.48. The molecule has 0 saturated carbocycles. The predicted molar refractivity (Wildman–Crippen MR) is 82.1 cm³/mol. The third-order valence-electron chi connectivity index (χ3n) is 4.02. The number of pyridine rings is 1. The molecule has 2 rings (SSSR count). The van der Waals surface area contributed by atoms with Crippen molar-refractivity contribution in [2.45, 2.75) is 32.6 Å². The lowest BCUT2D eigenvalue weighted by atomic mass is 9.76. The van der Waals surface area contributed by atoms with Crippen LogP contribution in [-0.4, -0.2) is 40.0 Å². The van der Waals surface area contributed by atoms with Crippen molar-refractivity contribution in [3.05, 3.63) is 28.5 Å². The minimum Gasteiger partial charge on any atom is -0.481 e. The molecule has 6 heteroatoms. The number of aliphatic carboxylic acids is 1.